The molecule has 2 aromatic carbocycles. The smallest absolute Gasteiger partial charge is 0.326 e. The number of carboxylic acids is 3. The molecule has 0 aromatic heterocycles. The molecule has 1 heterocycles. The highest BCUT2D eigenvalue weighted by atomic mass is 32.1. The number of thiocarbonyl (C=S) groups is 1. The van der Waals surface area contributed by atoms with Crippen LogP contribution in [0.1, 0.15) is 62.5 Å². The first-order valence-electron chi connectivity index (χ1n) is 21.2. The number of carbonyl (C=O) groups excluding carboxylic acids is 3. The number of urea groups is 1. The van der Waals surface area contributed by atoms with Gasteiger partial charge in [-0.05, 0) is 67.6 Å². The first-order valence-corrected chi connectivity index (χ1v) is 21.6. The van der Waals surface area contributed by atoms with Gasteiger partial charge in [0.1, 0.15) is 18.1 Å². The molecule has 4 atom stereocenters. The van der Waals surface area contributed by atoms with Gasteiger partial charge < -0.3 is 68.5 Å². The second-order valence-corrected chi connectivity index (χ2v) is 15.4. The Kier molecular flexibility index (Phi) is 24.5. The topological polar surface area (TPSA) is 283 Å². The highest BCUT2D eigenvalue weighted by Gasteiger charge is 2.27. The Morgan fingerprint density at radius 1 is 0.645 bits per heavy atom. The molecule has 1 unspecified atom stereocenters. The zero-order valence-corrected chi connectivity index (χ0v) is 36.0. The van der Waals surface area contributed by atoms with Gasteiger partial charge in [-0.25, -0.2) is 14.4 Å². The zero-order chi connectivity index (χ0) is 45.0. The summed E-state index contributed by atoms with van der Waals surface area (Å²) in [5, 5.41) is 58.5. The third kappa shape index (κ3) is 22.4. The van der Waals surface area contributed by atoms with Crippen LogP contribution in [0.3, 0.4) is 0 Å². The van der Waals surface area contributed by atoms with E-state index in [0.29, 0.717) is 30.7 Å². The minimum atomic E-state index is -1.57. The Hall–Kier alpha value is -5.41. The van der Waals surface area contributed by atoms with Crippen LogP contribution in [0.25, 0.3) is 0 Å². The standard InChI is InChI=1S/C42H64N10O9S/c53-36(16-14-33(39(57)58)51-41(61)52-34(40(59)60)15-17-37(54)55)50-35(27-29-8-4-3-5-9-29)38(56)47-18-6-1-2-7-19-48-42(62)49-31-12-10-30(11-13-31)26-32-28-45-23-22-43-20-21-44-24-25-46-32/h3-5,8-13,32-35,43-46H,1-2,6-7,14-28H2,(H,47,56)(H,50,53)(H,54,55)(H,57,58)(H,59,60)(H2,48,49,62)(H2,51,52,61)/t32?,33-,34-,35-/m0/s1. The maximum Gasteiger partial charge on any atom is 0.326 e. The lowest BCUT2D eigenvalue weighted by Gasteiger charge is -2.21. The summed E-state index contributed by atoms with van der Waals surface area (Å²) in [4.78, 5) is 72.6. The summed E-state index contributed by atoms with van der Waals surface area (Å²) in [6.07, 6.45) is 2.74. The summed E-state index contributed by atoms with van der Waals surface area (Å²) in [6.45, 7) is 7.63. The van der Waals surface area contributed by atoms with E-state index in [1.807, 2.05) is 47.8 Å². The molecule has 0 saturated carbocycles. The van der Waals surface area contributed by atoms with Crippen LogP contribution in [-0.4, -0.2) is 139 Å². The zero-order valence-electron chi connectivity index (χ0n) is 35.1. The molecule has 1 saturated heterocycles. The number of benzene rings is 2. The van der Waals surface area contributed by atoms with Gasteiger partial charge in [-0.1, -0.05) is 55.3 Å². The van der Waals surface area contributed by atoms with E-state index in [4.69, 9.17) is 17.3 Å². The van der Waals surface area contributed by atoms with Crippen LogP contribution in [0.5, 0.6) is 0 Å². The van der Waals surface area contributed by atoms with Gasteiger partial charge in [0.25, 0.3) is 0 Å². The molecule has 0 radical (unpaired) electrons. The third-order valence-electron chi connectivity index (χ3n) is 9.91. The molecule has 3 rings (SSSR count). The van der Waals surface area contributed by atoms with Gasteiger partial charge >= 0.3 is 23.9 Å². The van der Waals surface area contributed by atoms with Crippen LogP contribution in [0.4, 0.5) is 10.5 Å². The summed E-state index contributed by atoms with van der Waals surface area (Å²) < 4.78 is 0. The quantitative estimate of drug-likeness (QED) is 0.0505. The van der Waals surface area contributed by atoms with E-state index >= 15 is 0 Å². The highest BCUT2D eigenvalue weighted by molar-refractivity contribution is 7.80. The molecular formula is C42H64N10O9S. The first-order chi connectivity index (χ1) is 29.9. The molecule has 2 aromatic rings. The first kappa shape index (κ1) is 50.9. The van der Waals surface area contributed by atoms with Gasteiger partial charge in [-0.2, -0.15) is 0 Å². The number of carboxylic acid groups (broad SMARTS) is 3. The fourth-order valence-electron chi connectivity index (χ4n) is 6.53. The van der Waals surface area contributed by atoms with E-state index in [0.717, 1.165) is 82.7 Å². The molecule has 1 fully saturated rings. The number of carbonyl (C=O) groups is 6. The summed E-state index contributed by atoms with van der Waals surface area (Å²) >= 11 is 5.51. The van der Waals surface area contributed by atoms with E-state index in [9.17, 15) is 39.0 Å². The maximum absolute atomic E-state index is 13.3. The molecule has 1 aliphatic rings. The SMILES string of the molecule is O=C(O)CC[C@H](NC(=O)N[C@@H](CCC(=O)N[C@@H](Cc1ccccc1)C(=O)NCCCCCCNC(=S)Nc1ccc(CC2CNCCNCCNCCN2)cc1)C(=O)O)C(=O)O. The molecule has 1 aliphatic heterocycles. The van der Waals surface area contributed by atoms with Crippen molar-refractivity contribution in [3.8, 4) is 0 Å². The predicted octanol–water partition coefficient (Wildman–Crippen LogP) is 0.511. The number of amides is 4. The number of anilines is 1. The Labute approximate surface area is 368 Å². The molecule has 342 valence electrons. The number of hydrogen-bond donors (Lipinski definition) is 13. The normalized spacial score (nSPS) is 16.1. The average molecular weight is 885 g/mol. The van der Waals surface area contributed by atoms with Crippen molar-refractivity contribution < 1.29 is 44.1 Å². The van der Waals surface area contributed by atoms with Crippen LogP contribution < -0.4 is 53.2 Å². The fourth-order valence-corrected chi connectivity index (χ4v) is 6.75. The lowest BCUT2D eigenvalue weighted by Crippen LogP contribution is -2.52. The number of hydrogen-bond acceptors (Lipinski definition) is 11. The molecule has 62 heavy (non-hydrogen) atoms. The summed E-state index contributed by atoms with van der Waals surface area (Å²) in [5.74, 6) is -5.25. The van der Waals surface area contributed by atoms with Gasteiger partial charge in [0.2, 0.25) is 11.8 Å². The highest BCUT2D eigenvalue weighted by Crippen LogP contribution is 2.12. The largest absolute Gasteiger partial charge is 0.481 e. The van der Waals surface area contributed by atoms with Crippen molar-refractivity contribution in [2.75, 3.05) is 64.2 Å². The van der Waals surface area contributed by atoms with E-state index in [-0.39, 0.29) is 19.3 Å². The van der Waals surface area contributed by atoms with Gasteiger partial charge in [0, 0.05) is 89.9 Å². The lowest BCUT2D eigenvalue weighted by molar-refractivity contribution is -0.141. The minimum Gasteiger partial charge on any atom is -0.481 e. The van der Waals surface area contributed by atoms with Crippen molar-refractivity contribution in [1.29, 1.82) is 0 Å². The molecule has 4 amide bonds. The Bertz CT molecular complexity index is 1700. The second kappa shape index (κ2) is 29.8. The van der Waals surface area contributed by atoms with E-state index in [1.165, 1.54) is 5.56 Å². The van der Waals surface area contributed by atoms with Gasteiger partial charge in [-0.15, -0.1) is 0 Å². The fraction of sp³-hybridized carbons (Fsp3) is 0.548. The van der Waals surface area contributed by atoms with Gasteiger partial charge in [0.05, 0.1) is 0 Å². The molecular weight excluding hydrogens is 821 g/mol. The molecule has 0 bridgehead atoms. The Morgan fingerprint density at radius 3 is 1.84 bits per heavy atom. The van der Waals surface area contributed by atoms with Crippen molar-refractivity contribution in [2.24, 2.45) is 0 Å². The second-order valence-electron chi connectivity index (χ2n) is 15.0. The maximum atomic E-state index is 13.3. The molecule has 19 nitrogen and oxygen atoms in total. The van der Waals surface area contributed by atoms with Crippen LogP contribution in [0, 0.1) is 0 Å². The Balaban J connectivity index is 1.35. The van der Waals surface area contributed by atoms with Crippen molar-refractivity contribution in [1.82, 2.24) is 47.9 Å². The van der Waals surface area contributed by atoms with Crippen molar-refractivity contribution in [3.63, 3.8) is 0 Å². The van der Waals surface area contributed by atoms with Crippen molar-refractivity contribution in [2.45, 2.75) is 88.4 Å². The molecule has 13 N–H and O–H groups in total. The van der Waals surface area contributed by atoms with E-state index in [1.54, 1.807) is 0 Å². The van der Waals surface area contributed by atoms with Crippen molar-refractivity contribution in [3.05, 3.63) is 65.7 Å². The summed E-state index contributed by atoms with van der Waals surface area (Å²) in [5.41, 5.74) is 2.95. The van der Waals surface area contributed by atoms with Crippen LogP contribution in [-0.2, 0) is 36.8 Å². The van der Waals surface area contributed by atoms with Gasteiger partial charge in [-0.3, -0.25) is 14.4 Å². The lowest BCUT2D eigenvalue weighted by atomic mass is 10.0. The molecule has 0 spiro atoms. The third-order valence-corrected chi connectivity index (χ3v) is 10.2. The molecule has 20 heteroatoms. The number of nitrogens with one attached hydrogen (secondary N) is 10. The van der Waals surface area contributed by atoms with Crippen LogP contribution >= 0.6 is 12.2 Å². The molecule has 0 aliphatic carbocycles. The minimum absolute atomic E-state index is 0.185. The summed E-state index contributed by atoms with van der Waals surface area (Å²) in [7, 11) is 0. The number of unbranched alkanes of at least 4 members (excludes halogenated alkanes) is 3. The monoisotopic (exact) mass is 884 g/mol. The summed E-state index contributed by atoms with van der Waals surface area (Å²) in [6, 6.07) is 12.5. The predicted molar refractivity (Wildman–Crippen MR) is 239 cm³/mol. The van der Waals surface area contributed by atoms with Crippen LogP contribution in [0.15, 0.2) is 54.6 Å². The number of rotatable bonds is 24. The van der Waals surface area contributed by atoms with E-state index in [2.05, 4.69) is 60.0 Å². The van der Waals surface area contributed by atoms with E-state index < -0.39 is 66.7 Å². The Morgan fingerprint density at radius 2 is 1.23 bits per heavy atom. The van der Waals surface area contributed by atoms with Crippen molar-refractivity contribution >= 4 is 58.8 Å². The van der Waals surface area contributed by atoms with Crippen LogP contribution in [0.2, 0.25) is 0 Å². The van der Waals surface area contributed by atoms with Gasteiger partial charge in [0.15, 0.2) is 5.11 Å². The number of aliphatic carboxylic acids is 3. The average Bonchev–Trinajstić information content (AvgIpc) is 3.23.